The number of likely N-dealkylation sites (N-methyl/N-ethyl adjacent to an activating group) is 1. The minimum atomic E-state index is -3.64. The number of carbonyl (C=O) groups excluding carboxylic acids is 1. The van der Waals surface area contributed by atoms with E-state index >= 15 is 0 Å². The summed E-state index contributed by atoms with van der Waals surface area (Å²) >= 11 is 12.7. The number of aromatic nitrogens is 2. The summed E-state index contributed by atoms with van der Waals surface area (Å²) in [6.45, 7) is 2.11. The highest BCUT2D eigenvalue weighted by Gasteiger charge is 2.46. The van der Waals surface area contributed by atoms with Crippen LogP contribution in [0.15, 0.2) is 22.5 Å². The van der Waals surface area contributed by atoms with Crippen LogP contribution in [0.2, 0.25) is 10.0 Å². The molecule has 3 rings (SSSR count). The van der Waals surface area contributed by atoms with E-state index in [0.29, 0.717) is 11.4 Å². The number of unbranched alkanes of at least 4 members (excludes halogenated alkanes) is 3. The molecule has 0 spiro atoms. The van der Waals surface area contributed by atoms with Crippen LogP contribution in [0.5, 0.6) is 0 Å². The Labute approximate surface area is 201 Å². The number of esters is 1. The largest absolute Gasteiger partial charge is 0.622 e. The predicted octanol–water partition coefficient (Wildman–Crippen LogP) is 4.09. The van der Waals surface area contributed by atoms with Gasteiger partial charge in [-0.1, -0.05) is 54.5 Å². The third kappa shape index (κ3) is 5.58. The number of ether oxygens (including phenoxy) is 1. The molecule has 1 aliphatic heterocycles. The molecule has 1 saturated heterocycles. The first-order valence-electron chi connectivity index (χ1n) is 10.1. The highest BCUT2D eigenvalue weighted by molar-refractivity contribution is 7.93. The third-order valence-corrected chi connectivity index (χ3v) is 8.86. The Morgan fingerprint density at radius 2 is 2.06 bits per heavy atom. The van der Waals surface area contributed by atoms with Crippen molar-refractivity contribution in [2.45, 2.75) is 43.2 Å². The quantitative estimate of drug-likeness (QED) is 0.209. The molecule has 0 aliphatic carbocycles. The molecule has 176 valence electrons. The molecule has 13 heteroatoms. The van der Waals surface area contributed by atoms with E-state index in [1.807, 2.05) is 6.92 Å². The molecule has 1 aromatic carbocycles. The molecular weight excluding hydrogens is 499 g/mol. The number of rotatable bonds is 9. The Hall–Kier alpha value is -1.34. The van der Waals surface area contributed by atoms with Crippen molar-refractivity contribution in [3.8, 4) is 0 Å². The van der Waals surface area contributed by atoms with Crippen LogP contribution in [-0.4, -0.2) is 61.7 Å². The fourth-order valence-corrected chi connectivity index (χ4v) is 6.38. The minimum absolute atomic E-state index is 0.0477. The van der Waals surface area contributed by atoms with Crippen LogP contribution in [0.3, 0.4) is 0 Å². The number of nitrogens with zero attached hydrogens (tertiary/aromatic N) is 4. The number of halogens is 2. The molecule has 0 saturated carbocycles. The summed E-state index contributed by atoms with van der Waals surface area (Å²) in [6.07, 6.45) is 2.11. The second-order valence-electron chi connectivity index (χ2n) is 7.69. The van der Waals surface area contributed by atoms with Gasteiger partial charge in [-0.15, -0.1) is 5.10 Å². The molecule has 1 aliphatic rings. The molecule has 0 N–H and O–H groups in total. The van der Waals surface area contributed by atoms with Gasteiger partial charge in [-0.3, -0.25) is 4.65 Å². The van der Waals surface area contributed by atoms with Crippen LogP contribution in [0.4, 0.5) is 5.13 Å². The normalized spacial score (nSPS) is 21.7. The molecular formula is C19H24Cl2N4O5S2. The zero-order chi connectivity index (χ0) is 23.5. The van der Waals surface area contributed by atoms with Crippen molar-refractivity contribution in [2.75, 3.05) is 26.0 Å². The summed E-state index contributed by atoms with van der Waals surface area (Å²) in [4.78, 5) is 14.3. The monoisotopic (exact) mass is 522 g/mol. The van der Waals surface area contributed by atoms with Gasteiger partial charge in [0.25, 0.3) is 6.23 Å². The Morgan fingerprint density at radius 3 is 2.75 bits per heavy atom. The van der Waals surface area contributed by atoms with E-state index < -0.39 is 26.7 Å². The zero-order valence-corrected chi connectivity index (χ0v) is 20.8. The van der Waals surface area contributed by atoms with Crippen molar-refractivity contribution in [3.63, 3.8) is 0 Å². The Kier molecular flexibility index (Phi) is 8.13. The second-order valence-corrected chi connectivity index (χ2v) is 11.8. The summed E-state index contributed by atoms with van der Waals surface area (Å²) in [7, 11) is -1.94. The van der Waals surface area contributed by atoms with Crippen LogP contribution < -0.4 is 4.65 Å². The average Bonchev–Trinajstić information content (AvgIpc) is 3.32. The van der Waals surface area contributed by atoms with Crippen molar-refractivity contribution in [2.24, 2.45) is 0 Å². The van der Waals surface area contributed by atoms with Gasteiger partial charge in [-0.25, -0.2) is 18.1 Å². The first-order chi connectivity index (χ1) is 15.1. The fraction of sp³-hybridized carbons (Fsp3) is 0.526. The number of hydrogen-bond donors (Lipinski definition) is 0. The number of carbonyl (C=O) groups is 1. The Bertz CT molecular complexity index is 1080. The molecule has 2 heterocycles. The van der Waals surface area contributed by atoms with Gasteiger partial charge < -0.3 is 9.94 Å². The first kappa shape index (κ1) is 25.3. The minimum Gasteiger partial charge on any atom is -0.622 e. The van der Waals surface area contributed by atoms with Crippen LogP contribution >= 0.6 is 34.5 Å². The summed E-state index contributed by atoms with van der Waals surface area (Å²) in [5.74, 6) is -0.827. The third-order valence-electron chi connectivity index (χ3n) is 5.03. The zero-order valence-electron chi connectivity index (χ0n) is 17.7. The molecule has 1 aromatic heterocycles. The van der Waals surface area contributed by atoms with Gasteiger partial charge in [0.05, 0.1) is 22.9 Å². The SMILES string of the molecule is CCCCCCS(=O)(=O)c1nnc([N+]2([O-])CN(C)CC2OC(=O)c2ccc(Cl)cc2Cl)s1. The Balaban J connectivity index is 1.79. The number of hydrogen-bond acceptors (Lipinski definition) is 9. The summed E-state index contributed by atoms with van der Waals surface area (Å²) < 4.78 is 29.3. The second kappa shape index (κ2) is 10.3. The lowest BCUT2D eigenvalue weighted by molar-refractivity contribution is 0.00561. The number of quaternary nitrogens is 1. The number of sulfone groups is 1. The molecule has 32 heavy (non-hydrogen) atoms. The molecule has 2 atom stereocenters. The average molecular weight is 523 g/mol. The lowest BCUT2D eigenvalue weighted by atomic mass is 10.2. The maximum atomic E-state index is 13.7. The molecule has 2 unspecified atom stereocenters. The van der Waals surface area contributed by atoms with Gasteiger partial charge in [-0.05, 0) is 43.0 Å². The van der Waals surface area contributed by atoms with Gasteiger partial charge in [0.1, 0.15) is 6.67 Å². The van der Waals surface area contributed by atoms with Crippen LogP contribution in [0.1, 0.15) is 43.0 Å². The van der Waals surface area contributed by atoms with E-state index in [1.54, 1.807) is 11.9 Å². The van der Waals surface area contributed by atoms with Crippen molar-refractivity contribution in [1.29, 1.82) is 0 Å². The maximum Gasteiger partial charge on any atom is 0.344 e. The van der Waals surface area contributed by atoms with Gasteiger partial charge in [-0.2, -0.15) is 0 Å². The molecule has 0 amide bonds. The van der Waals surface area contributed by atoms with E-state index in [0.717, 1.165) is 30.6 Å². The predicted molar refractivity (Wildman–Crippen MR) is 124 cm³/mol. The number of benzene rings is 1. The smallest absolute Gasteiger partial charge is 0.344 e. The van der Waals surface area contributed by atoms with Crippen molar-refractivity contribution < 1.29 is 17.9 Å². The number of hydroxylamine groups is 2. The summed E-state index contributed by atoms with van der Waals surface area (Å²) in [5, 5.41) is 21.7. The molecule has 0 radical (unpaired) electrons. The van der Waals surface area contributed by atoms with E-state index in [4.69, 9.17) is 27.9 Å². The van der Waals surface area contributed by atoms with E-state index in [-0.39, 0.29) is 39.0 Å². The summed E-state index contributed by atoms with van der Waals surface area (Å²) in [5.41, 5.74) is 0.0739. The topological polar surface area (TPSA) is 113 Å². The van der Waals surface area contributed by atoms with Crippen LogP contribution in [0.25, 0.3) is 0 Å². The standard InChI is InChI=1S/C19H24Cl2N4O5S2/c1-3-4-5-6-9-32(28,29)19-23-22-18(31-19)25(27)12-24(2)11-16(25)30-17(26)14-8-7-13(20)10-15(14)21/h7-8,10,16H,3-6,9,11-12H2,1-2H3. The van der Waals surface area contributed by atoms with E-state index in [1.165, 1.54) is 18.2 Å². The summed E-state index contributed by atoms with van der Waals surface area (Å²) in [6, 6.07) is 4.31. The maximum absolute atomic E-state index is 13.7. The molecule has 2 aromatic rings. The first-order valence-corrected chi connectivity index (χ1v) is 13.3. The van der Waals surface area contributed by atoms with Crippen molar-refractivity contribution >= 4 is 55.5 Å². The van der Waals surface area contributed by atoms with Crippen LogP contribution in [-0.2, 0) is 14.6 Å². The van der Waals surface area contributed by atoms with Crippen molar-refractivity contribution in [3.05, 3.63) is 39.0 Å². The van der Waals surface area contributed by atoms with Crippen molar-refractivity contribution in [1.82, 2.24) is 19.7 Å². The highest BCUT2D eigenvalue weighted by atomic mass is 35.5. The van der Waals surface area contributed by atoms with E-state index in [2.05, 4.69) is 10.2 Å². The Morgan fingerprint density at radius 1 is 1.31 bits per heavy atom. The molecule has 1 fully saturated rings. The van der Waals surface area contributed by atoms with Crippen LogP contribution in [0, 0.1) is 5.21 Å². The van der Waals surface area contributed by atoms with Gasteiger partial charge in [0.2, 0.25) is 14.2 Å². The van der Waals surface area contributed by atoms with E-state index in [9.17, 15) is 18.4 Å². The lowest BCUT2D eigenvalue weighted by Gasteiger charge is -2.38. The van der Waals surface area contributed by atoms with Gasteiger partial charge in [0, 0.05) is 5.02 Å². The molecule has 0 bridgehead atoms. The highest BCUT2D eigenvalue weighted by Crippen LogP contribution is 2.36. The molecule has 9 nitrogen and oxygen atoms in total. The lowest BCUT2D eigenvalue weighted by Crippen LogP contribution is -2.50. The fourth-order valence-electron chi connectivity index (χ4n) is 3.34. The van der Waals surface area contributed by atoms with Gasteiger partial charge in [0.15, 0.2) is 0 Å². The van der Waals surface area contributed by atoms with Gasteiger partial charge >= 0.3 is 11.1 Å².